The van der Waals surface area contributed by atoms with Gasteiger partial charge in [0.15, 0.2) is 0 Å². The topological polar surface area (TPSA) is 87.7 Å². The maximum atomic E-state index is 12.1. The van der Waals surface area contributed by atoms with Crippen LogP contribution >= 0.6 is 0 Å². The van der Waals surface area contributed by atoms with Crippen molar-refractivity contribution in [3.63, 3.8) is 0 Å². The summed E-state index contributed by atoms with van der Waals surface area (Å²) in [4.78, 5) is 23.0. The second kappa shape index (κ2) is 5.99. The summed E-state index contributed by atoms with van der Waals surface area (Å²) in [6, 6.07) is -0.771. The summed E-state index contributed by atoms with van der Waals surface area (Å²) in [6.45, 7) is 10.2. The van der Waals surface area contributed by atoms with Crippen molar-refractivity contribution in [1.82, 2.24) is 10.6 Å². The third kappa shape index (κ3) is 4.37. The highest BCUT2D eigenvalue weighted by atomic mass is 16.5. The van der Waals surface area contributed by atoms with Gasteiger partial charge in [-0.15, -0.1) is 0 Å². The highest BCUT2D eigenvalue weighted by Gasteiger charge is 2.39. The molecular formula is C14H26N2O4. The predicted octanol–water partition coefficient (Wildman–Crippen LogP) is 1.74. The average molecular weight is 286 g/mol. The van der Waals surface area contributed by atoms with Crippen LogP contribution < -0.4 is 10.6 Å². The van der Waals surface area contributed by atoms with E-state index in [1.54, 1.807) is 0 Å². The SMILES string of the molecule is CC1OCCC1(C)NC(=O)NC(CC(=O)O)C(C)(C)C. The normalized spacial score (nSPS) is 27.9. The number of amides is 2. The van der Waals surface area contributed by atoms with E-state index in [9.17, 15) is 9.59 Å². The van der Waals surface area contributed by atoms with Crippen molar-refractivity contribution < 1.29 is 19.4 Å². The van der Waals surface area contributed by atoms with Crippen LogP contribution in [0.1, 0.15) is 47.5 Å². The van der Waals surface area contributed by atoms with Gasteiger partial charge in [-0.3, -0.25) is 4.79 Å². The van der Waals surface area contributed by atoms with Gasteiger partial charge in [-0.05, 0) is 25.7 Å². The molecule has 0 aromatic rings. The molecule has 1 aliphatic heterocycles. The van der Waals surface area contributed by atoms with E-state index in [2.05, 4.69) is 10.6 Å². The number of carboxylic acids is 1. The molecule has 0 radical (unpaired) electrons. The number of rotatable bonds is 4. The van der Waals surface area contributed by atoms with Gasteiger partial charge in [0.25, 0.3) is 0 Å². The van der Waals surface area contributed by atoms with Crippen LogP contribution in [0.3, 0.4) is 0 Å². The molecule has 3 N–H and O–H groups in total. The first kappa shape index (κ1) is 16.8. The van der Waals surface area contributed by atoms with E-state index < -0.39 is 17.6 Å². The minimum absolute atomic E-state index is 0.0548. The van der Waals surface area contributed by atoms with E-state index in [4.69, 9.17) is 9.84 Å². The highest BCUT2D eigenvalue weighted by molar-refractivity contribution is 5.76. The lowest BCUT2D eigenvalue weighted by atomic mass is 9.85. The first-order valence-electron chi connectivity index (χ1n) is 6.96. The minimum Gasteiger partial charge on any atom is -0.481 e. The zero-order valence-corrected chi connectivity index (χ0v) is 12.9. The molecule has 116 valence electrons. The number of carbonyl (C=O) groups is 2. The Hall–Kier alpha value is -1.30. The molecular weight excluding hydrogens is 260 g/mol. The van der Waals surface area contributed by atoms with Crippen LogP contribution in [-0.2, 0) is 9.53 Å². The summed E-state index contributed by atoms with van der Waals surface area (Å²) in [5.74, 6) is -0.922. The average Bonchev–Trinajstić information content (AvgIpc) is 2.55. The number of carbonyl (C=O) groups excluding carboxylic acids is 1. The van der Waals surface area contributed by atoms with Gasteiger partial charge in [-0.2, -0.15) is 0 Å². The maximum absolute atomic E-state index is 12.1. The maximum Gasteiger partial charge on any atom is 0.315 e. The number of urea groups is 1. The Morgan fingerprint density at radius 2 is 2.05 bits per heavy atom. The number of aliphatic carboxylic acids is 1. The van der Waals surface area contributed by atoms with E-state index in [0.717, 1.165) is 6.42 Å². The lowest BCUT2D eigenvalue weighted by Crippen LogP contribution is -2.57. The molecule has 0 aromatic carbocycles. The van der Waals surface area contributed by atoms with E-state index in [1.165, 1.54) is 0 Å². The molecule has 1 saturated heterocycles. The molecule has 0 saturated carbocycles. The van der Waals surface area contributed by atoms with E-state index in [0.29, 0.717) is 6.61 Å². The fourth-order valence-corrected chi connectivity index (χ4v) is 2.20. The summed E-state index contributed by atoms with van der Waals surface area (Å²) >= 11 is 0. The molecule has 6 nitrogen and oxygen atoms in total. The van der Waals surface area contributed by atoms with Crippen molar-refractivity contribution in [3.8, 4) is 0 Å². The number of hydrogen-bond donors (Lipinski definition) is 3. The number of ether oxygens (including phenoxy) is 1. The third-order valence-corrected chi connectivity index (χ3v) is 4.02. The Kier molecular flexibility index (Phi) is 5.02. The molecule has 1 aliphatic rings. The van der Waals surface area contributed by atoms with Crippen LogP contribution in [0.2, 0.25) is 0 Å². The van der Waals surface area contributed by atoms with Gasteiger partial charge in [0, 0.05) is 12.6 Å². The Labute approximate surface area is 120 Å². The lowest BCUT2D eigenvalue weighted by Gasteiger charge is -2.34. The number of carboxylic acid groups (broad SMARTS) is 1. The van der Waals surface area contributed by atoms with Crippen LogP contribution in [0.15, 0.2) is 0 Å². The largest absolute Gasteiger partial charge is 0.481 e. The molecule has 0 aromatic heterocycles. The standard InChI is InChI=1S/C14H26N2O4/c1-9-14(5,6-7-20-9)16-12(19)15-10(8-11(17)18)13(2,3)4/h9-10H,6-8H2,1-5H3,(H,17,18)(H2,15,16,19). The van der Waals surface area contributed by atoms with Crippen molar-refractivity contribution in [3.05, 3.63) is 0 Å². The van der Waals surface area contributed by atoms with E-state index >= 15 is 0 Å². The lowest BCUT2D eigenvalue weighted by molar-refractivity contribution is -0.138. The summed E-state index contributed by atoms with van der Waals surface area (Å²) < 4.78 is 5.47. The van der Waals surface area contributed by atoms with Gasteiger partial charge < -0.3 is 20.5 Å². The summed E-state index contributed by atoms with van der Waals surface area (Å²) in [6.07, 6.45) is 0.598. The van der Waals surface area contributed by atoms with Crippen LogP contribution in [0, 0.1) is 5.41 Å². The summed E-state index contributed by atoms with van der Waals surface area (Å²) in [7, 11) is 0. The third-order valence-electron chi connectivity index (χ3n) is 4.02. The number of nitrogens with one attached hydrogen (secondary N) is 2. The molecule has 6 heteroatoms. The van der Waals surface area contributed by atoms with Gasteiger partial charge in [0.2, 0.25) is 0 Å². The number of hydrogen-bond acceptors (Lipinski definition) is 3. The van der Waals surface area contributed by atoms with Crippen LogP contribution in [0.5, 0.6) is 0 Å². The fourth-order valence-electron chi connectivity index (χ4n) is 2.20. The van der Waals surface area contributed by atoms with E-state index in [1.807, 2.05) is 34.6 Å². The van der Waals surface area contributed by atoms with Crippen molar-refractivity contribution in [1.29, 1.82) is 0 Å². The van der Waals surface area contributed by atoms with Gasteiger partial charge in [-0.1, -0.05) is 20.8 Å². The first-order valence-corrected chi connectivity index (χ1v) is 6.96. The molecule has 3 unspecified atom stereocenters. The van der Waals surface area contributed by atoms with Crippen molar-refractivity contribution in [2.24, 2.45) is 5.41 Å². The molecule has 2 amide bonds. The quantitative estimate of drug-likeness (QED) is 0.734. The summed E-state index contributed by atoms with van der Waals surface area (Å²) in [5.41, 5.74) is -0.732. The molecule has 3 atom stereocenters. The van der Waals surface area contributed by atoms with Crippen LogP contribution in [-0.4, -0.2) is 41.4 Å². The summed E-state index contributed by atoms with van der Waals surface area (Å²) in [5, 5.41) is 14.6. The Morgan fingerprint density at radius 1 is 1.45 bits per heavy atom. The zero-order valence-electron chi connectivity index (χ0n) is 12.9. The highest BCUT2D eigenvalue weighted by Crippen LogP contribution is 2.26. The first-order chi connectivity index (χ1) is 9.04. The van der Waals surface area contributed by atoms with Crippen molar-refractivity contribution in [2.45, 2.75) is 65.1 Å². The Balaban J connectivity index is 2.65. The van der Waals surface area contributed by atoms with Gasteiger partial charge in [-0.25, -0.2) is 4.79 Å². The minimum atomic E-state index is -0.922. The molecule has 20 heavy (non-hydrogen) atoms. The Morgan fingerprint density at radius 3 is 2.45 bits per heavy atom. The van der Waals surface area contributed by atoms with Crippen molar-refractivity contribution in [2.75, 3.05) is 6.61 Å². The fraction of sp³-hybridized carbons (Fsp3) is 0.857. The molecule has 1 heterocycles. The Bertz CT molecular complexity index is 378. The molecule has 0 spiro atoms. The molecule has 0 bridgehead atoms. The van der Waals surface area contributed by atoms with Crippen molar-refractivity contribution >= 4 is 12.0 Å². The molecule has 0 aliphatic carbocycles. The van der Waals surface area contributed by atoms with E-state index in [-0.39, 0.29) is 24.0 Å². The van der Waals surface area contributed by atoms with Crippen LogP contribution in [0.25, 0.3) is 0 Å². The smallest absolute Gasteiger partial charge is 0.315 e. The predicted molar refractivity (Wildman–Crippen MR) is 75.6 cm³/mol. The van der Waals surface area contributed by atoms with Crippen LogP contribution in [0.4, 0.5) is 4.79 Å². The second-order valence-corrected chi connectivity index (χ2v) is 6.80. The molecule has 1 rings (SSSR count). The van der Waals surface area contributed by atoms with Gasteiger partial charge in [0.1, 0.15) is 0 Å². The molecule has 1 fully saturated rings. The zero-order chi connectivity index (χ0) is 15.6. The van der Waals surface area contributed by atoms with Gasteiger partial charge >= 0.3 is 12.0 Å². The second-order valence-electron chi connectivity index (χ2n) is 6.80. The van der Waals surface area contributed by atoms with Gasteiger partial charge in [0.05, 0.1) is 18.1 Å². The monoisotopic (exact) mass is 286 g/mol.